The predicted molar refractivity (Wildman–Crippen MR) is 67.0 cm³/mol. The van der Waals surface area contributed by atoms with Crippen molar-refractivity contribution in [2.75, 3.05) is 7.11 Å². The van der Waals surface area contributed by atoms with Crippen molar-refractivity contribution in [3.63, 3.8) is 0 Å². The van der Waals surface area contributed by atoms with E-state index >= 15 is 0 Å². The van der Waals surface area contributed by atoms with Gasteiger partial charge in [0.2, 0.25) is 0 Å². The minimum atomic E-state index is -1.19. The average molecular weight is 282 g/mol. The Kier molecular flexibility index (Phi) is 3.69. The summed E-state index contributed by atoms with van der Waals surface area (Å²) in [4.78, 5) is 15.3. The zero-order valence-corrected chi connectivity index (χ0v) is 10.8. The molecule has 5 nitrogen and oxygen atoms in total. The normalized spacial score (nSPS) is 18.4. The van der Waals surface area contributed by atoms with Crippen LogP contribution in [0.3, 0.4) is 0 Å². The van der Waals surface area contributed by atoms with Gasteiger partial charge in [-0.1, -0.05) is 6.07 Å². The highest BCUT2D eigenvalue weighted by atomic mass is 19.2. The molecule has 0 spiro atoms. The van der Waals surface area contributed by atoms with Crippen LogP contribution in [0.4, 0.5) is 8.78 Å². The third-order valence-corrected chi connectivity index (χ3v) is 2.92. The number of aliphatic carboxylic acids is 1. The van der Waals surface area contributed by atoms with E-state index in [4.69, 9.17) is 4.74 Å². The number of carboxylic acid groups (broad SMARTS) is 1. The SMILES string of the molecule is COC1=NC(C)=C(C(=O)O)C(c2ccc(F)c(F)c2)N1. The van der Waals surface area contributed by atoms with E-state index in [2.05, 4.69) is 10.3 Å². The van der Waals surface area contributed by atoms with Crippen LogP contribution in [-0.2, 0) is 9.53 Å². The van der Waals surface area contributed by atoms with Crippen molar-refractivity contribution in [1.29, 1.82) is 0 Å². The quantitative estimate of drug-likeness (QED) is 0.870. The molecule has 1 atom stereocenters. The number of hydrogen-bond acceptors (Lipinski definition) is 4. The van der Waals surface area contributed by atoms with E-state index in [0.717, 1.165) is 12.1 Å². The van der Waals surface area contributed by atoms with Gasteiger partial charge in [0.25, 0.3) is 6.02 Å². The van der Waals surface area contributed by atoms with Crippen molar-refractivity contribution in [1.82, 2.24) is 5.32 Å². The number of carbonyl (C=O) groups is 1. The third kappa shape index (κ3) is 2.47. The smallest absolute Gasteiger partial charge is 0.335 e. The van der Waals surface area contributed by atoms with E-state index < -0.39 is 23.6 Å². The average Bonchev–Trinajstić information content (AvgIpc) is 2.40. The second-order valence-corrected chi connectivity index (χ2v) is 4.18. The molecular formula is C13H12F2N2O3. The fourth-order valence-electron chi connectivity index (χ4n) is 1.97. The Morgan fingerprint density at radius 1 is 1.40 bits per heavy atom. The molecule has 106 valence electrons. The number of nitrogens with one attached hydrogen (secondary N) is 1. The van der Waals surface area contributed by atoms with Gasteiger partial charge in [0, 0.05) is 0 Å². The Bertz CT molecular complexity index is 626. The van der Waals surface area contributed by atoms with Crippen molar-refractivity contribution >= 4 is 12.0 Å². The molecule has 0 amide bonds. The van der Waals surface area contributed by atoms with Gasteiger partial charge in [0.15, 0.2) is 11.6 Å². The van der Waals surface area contributed by atoms with Crippen LogP contribution >= 0.6 is 0 Å². The second-order valence-electron chi connectivity index (χ2n) is 4.18. The lowest BCUT2D eigenvalue weighted by Crippen LogP contribution is -2.36. The summed E-state index contributed by atoms with van der Waals surface area (Å²) in [6.45, 7) is 1.51. The highest BCUT2D eigenvalue weighted by Crippen LogP contribution is 2.29. The lowest BCUT2D eigenvalue weighted by molar-refractivity contribution is -0.133. The number of nitrogens with zero attached hydrogens (tertiary/aromatic N) is 1. The van der Waals surface area contributed by atoms with Crippen LogP contribution in [0.25, 0.3) is 0 Å². The molecule has 1 aromatic carbocycles. The number of allylic oxidation sites excluding steroid dienone is 1. The molecule has 0 aliphatic carbocycles. The first-order valence-electron chi connectivity index (χ1n) is 5.72. The van der Waals surface area contributed by atoms with Gasteiger partial charge in [-0.05, 0) is 24.6 Å². The van der Waals surface area contributed by atoms with Crippen LogP contribution in [0.15, 0.2) is 34.5 Å². The second kappa shape index (κ2) is 5.28. The fourth-order valence-corrected chi connectivity index (χ4v) is 1.97. The Morgan fingerprint density at radius 3 is 2.65 bits per heavy atom. The molecule has 20 heavy (non-hydrogen) atoms. The van der Waals surface area contributed by atoms with E-state index in [-0.39, 0.29) is 22.9 Å². The number of rotatable bonds is 2. The summed E-state index contributed by atoms with van der Waals surface area (Å²) < 4.78 is 31.2. The minimum absolute atomic E-state index is 0.0446. The number of carboxylic acids is 1. The van der Waals surface area contributed by atoms with Crippen molar-refractivity contribution in [3.8, 4) is 0 Å². The molecule has 0 fully saturated rings. The molecule has 0 aromatic heterocycles. The van der Waals surface area contributed by atoms with E-state index in [1.807, 2.05) is 0 Å². The van der Waals surface area contributed by atoms with E-state index in [9.17, 15) is 18.7 Å². The Hall–Kier alpha value is -2.44. The molecule has 1 aliphatic rings. The van der Waals surface area contributed by atoms with E-state index in [1.165, 1.54) is 20.1 Å². The molecule has 0 saturated heterocycles. The monoisotopic (exact) mass is 282 g/mol. The molecule has 2 rings (SSSR count). The number of hydrogen-bond donors (Lipinski definition) is 2. The topological polar surface area (TPSA) is 70.9 Å². The highest BCUT2D eigenvalue weighted by Gasteiger charge is 2.30. The largest absolute Gasteiger partial charge is 0.478 e. The zero-order valence-electron chi connectivity index (χ0n) is 10.8. The minimum Gasteiger partial charge on any atom is -0.478 e. The van der Waals surface area contributed by atoms with Crippen molar-refractivity contribution < 1.29 is 23.4 Å². The molecule has 1 heterocycles. The van der Waals surface area contributed by atoms with Crippen LogP contribution in [0.5, 0.6) is 0 Å². The summed E-state index contributed by atoms with van der Waals surface area (Å²) in [5.74, 6) is -3.24. The van der Waals surface area contributed by atoms with E-state index in [0.29, 0.717) is 0 Å². The number of halogens is 2. The summed E-state index contributed by atoms with van der Waals surface area (Å²) in [5, 5.41) is 12.0. The molecule has 1 unspecified atom stereocenters. The number of amidine groups is 1. The van der Waals surface area contributed by atoms with Crippen molar-refractivity contribution in [2.45, 2.75) is 13.0 Å². The lowest BCUT2D eigenvalue weighted by Gasteiger charge is -2.25. The molecule has 1 aromatic rings. The van der Waals surface area contributed by atoms with Gasteiger partial charge < -0.3 is 15.2 Å². The number of ether oxygens (including phenoxy) is 1. The summed E-state index contributed by atoms with van der Waals surface area (Å²) in [6.07, 6.45) is 0. The van der Waals surface area contributed by atoms with Gasteiger partial charge >= 0.3 is 5.97 Å². The van der Waals surface area contributed by atoms with Crippen LogP contribution in [-0.4, -0.2) is 24.2 Å². The van der Waals surface area contributed by atoms with Crippen molar-refractivity contribution in [3.05, 3.63) is 46.7 Å². The van der Waals surface area contributed by atoms with Gasteiger partial charge in [-0.2, -0.15) is 0 Å². The van der Waals surface area contributed by atoms with Crippen LogP contribution in [0.2, 0.25) is 0 Å². The molecule has 7 heteroatoms. The lowest BCUT2D eigenvalue weighted by atomic mass is 9.96. The van der Waals surface area contributed by atoms with E-state index in [1.54, 1.807) is 0 Å². The molecule has 2 N–H and O–H groups in total. The first-order valence-corrected chi connectivity index (χ1v) is 5.72. The predicted octanol–water partition coefficient (Wildman–Crippen LogP) is 1.97. The maximum atomic E-state index is 13.3. The van der Waals surface area contributed by atoms with Crippen LogP contribution in [0.1, 0.15) is 18.5 Å². The summed E-state index contributed by atoms with van der Waals surface area (Å²) in [7, 11) is 1.37. The highest BCUT2D eigenvalue weighted by molar-refractivity contribution is 5.92. The first-order chi connectivity index (χ1) is 9.43. The van der Waals surface area contributed by atoms with Gasteiger partial charge in [-0.25, -0.2) is 18.6 Å². The van der Waals surface area contributed by atoms with Gasteiger partial charge in [0.05, 0.1) is 24.4 Å². The zero-order chi connectivity index (χ0) is 14.9. The standard InChI is InChI=1S/C13H12F2N2O3/c1-6-10(12(18)19)11(17-13(16-6)20-2)7-3-4-8(14)9(15)5-7/h3-5,11H,1-2H3,(H,16,17)(H,18,19). The van der Waals surface area contributed by atoms with Gasteiger partial charge in [-0.15, -0.1) is 0 Å². The van der Waals surface area contributed by atoms with Gasteiger partial charge in [0.1, 0.15) is 0 Å². The molecule has 0 saturated carbocycles. The molecule has 0 radical (unpaired) electrons. The maximum absolute atomic E-state index is 13.3. The molecule has 0 bridgehead atoms. The van der Waals surface area contributed by atoms with Gasteiger partial charge in [-0.3, -0.25) is 0 Å². The molecule has 1 aliphatic heterocycles. The summed E-state index contributed by atoms with van der Waals surface area (Å²) >= 11 is 0. The van der Waals surface area contributed by atoms with Crippen LogP contribution < -0.4 is 5.32 Å². The number of aliphatic imine (C=N–C) groups is 1. The first kappa shape index (κ1) is 14.0. The van der Waals surface area contributed by atoms with Crippen LogP contribution in [0, 0.1) is 11.6 Å². The Labute approximate surface area is 113 Å². The maximum Gasteiger partial charge on any atom is 0.335 e. The Balaban J connectivity index is 2.51. The summed E-state index contributed by atoms with van der Waals surface area (Å²) in [6, 6.07) is 2.45. The Morgan fingerprint density at radius 2 is 2.10 bits per heavy atom. The number of methoxy groups -OCH3 is 1. The van der Waals surface area contributed by atoms with Crippen molar-refractivity contribution in [2.24, 2.45) is 4.99 Å². The third-order valence-electron chi connectivity index (χ3n) is 2.92. The summed E-state index contributed by atoms with van der Waals surface area (Å²) in [5.41, 5.74) is 0.463. The molecular weight excluding hydrogens is 270 g/mol. The number of benzene rings is 1. The fraction of sp³-hybridized carbons (Fsp3) is 0.231.